The molecule has 4 heteroatoms. The Kier molecular flexibility index (Phi) is 796. The first-order valence-corrected chi connectivity index (χ1v) is 0. The summed E-state index contributed by atoms with van der Waals surface area (Å²) in [6.07, 6.45) is 0. The molecule has 0 unspecified atom stereocenters. The molecule has 1 radical (unpaired) electrons. The molecular weight excluding hydrogens is 151 g/mol. The minimum absolute atomic E-state index is 0. The molecule has 2 nitrogen and oxygen atoms in total. The molecule has 0 aliphatic heterocycles. The van der Waals surface area contributed by atoms with E-state index in [9.17, 15) is 0 Å². The molecule has 0 heterocycles. The van der Waals surface area contributed by atoms with E-state index in [1.54, 1.807) is 0 Å². The molecule has 0 atom stereocenters. The van der Waals surface area contributed by atoms with Crippen LogP contribution in [0.3, 0.4) is 0 Å². The molecule has 0 saturated carbocycles. The maximum Gasteiger partial charge on any atom is 2.00 e. The Morgan fingerprint density at radius 1 is 0.750 bits per heavy atom. The summed E-state index contributed by atoms with van der Waals surface area (Å²) >= 11 is 0. The summed E-state index contributed by atoms with van der Waals surface area (Å²) in [5, 5.41) is 0. The molecular formula is H2CuFeO2. The Balaban J connectivity index is 0. The van der Waals surface area contributed by atoms with Crippen molar-refractivity contribution in [3.05, 3.63) is 0 Å². The number of hydrogen-bond acceptors (Lipinski definition) is 2. The molecule has 33 valence electrons. The van der Waals surface area contributed by atoms with Crippen molar-refractivity contribution in [1.29, 1.82) is 0 Å². The second-order valence-electron chi connectivity index (χ2n) is 0. The summed E-state index contributed by atoms with van der Waals surface area (Å²) in [5.41, 5.74) is 0. The van der Waals surface area contributed by atoms with Gasteiger partial charge in [-0.1, -0.05) is 0 Å². The number of rotatable bonds is 0. The first-order chi connectivity index (χ1) is 0. The predicted octanol–water partition coefficient (Wildman–Crippen LogP) is -0.359. The second kappa shape index (κ2) is 37.7. The van der Waals surface area contributed by atoms with E-state index >= 15 is 0 Å². The minimum Gasteiger partial charge on any atom is -0.870 e. The third-order valence-corrected chi connectivity index (χ3v) is 0. The fraction of sp³-hybridized carbons (Fsp3) is 0. The van der Waals surface area contributed by atoms with Gasteiger partial charge in [0.1, 0.15) is 0 Å². The molecule has 4 heavy (non-hydrogen) atoms. The van der Waals surface area contributed by atoms with E-state index in [1.807, 2.05) is 0 Å². The van der Waals surface area contributed by atoms with Crippen LogP contribution in [0.25, 0.3) is 0 Å². The van der Waals surface area contributed by atoms with E-state index < -0.39 is 0 Å². The van der Waals surface area contributed by atoms with Crippen molar-refractivity contribution >= 4 is 0 Å². The smallest absolute Gasteiger partial charge is 0.870 e. The van der Waals surface area contributed by atoms with Crippen LogP contribution in [-0.4, -0.2) is 11.0 Å². The standard InChI is InChI=1S/Cu.Fe.2H2O/h;;2*1H2/q+2;;;/p-2. The van der Waals surface area contributed by atoms with Gasteiger partial charge in [0.2, 0.25) is 0 Å². The fourth-order valence-electron chi connectivity index (χ4n) is 0. The van der Waals surface area contributed by atoms with Crippen LogP contribution in [-0.2, 0) is 34.1 Å². The van der Waals surface area contributed by atoms with Crippen LogP contribution >= 0.6 is 0 Å². The van der Waals surface area contributed by atoms with Gasteiger partial charge in [-0.15, -0.1) is 0 Å². The Bertz CT molecular complexity index is 6.00. The van der Waals surface area contributed by atoms with Gasteiger partial charge in [0.15, 0.2) is 0 Å². The number of hydrogen-bond donors (Lipinski definition) is 0. The first-order valence-electron chi connectivity index (χ1n) is 0. The Labute approximate surface area is 45.5 Å². The van der Waals surface area contributed by atoms with E-state index in [4.69, 9.17) is 0 Å². The quantitative estimate of drug-likeness (QED) is 0.446. The van der Waals surface area contributed by atoms with E-state index in [0.29, 0.717) is 0 Å². The molecule has 0 aliphatic rings. The molecule has 0 spiro atoms. The normalized spacial score (nSPS) is 0. The van der Waals surface area contributed by atoms with E-state index in [-0.39, 0.29) is 45.1 Å². The summed E-state index contributed by atoms with van der Waals surface area (Å²) in [5.74, 6) is 0. The van der Waals surface area contributed by atoms with Gasteiger partial charge in [-0.2, -0.15) is 0 Å². The van der Waals surface area contributed by atoms with E-state index in [0.717, 1.165) is 0 Å². The summed E-state index contributed by atoms with van der Waals surface area (Å²) < 4.78 is 0. The second-order valence-corrected chi connectivity index (χ2v) is 0. The zero-order chi connectivity index (χ0) is 0. The van der Waals surface area contributed by atoms with Crippen molar-refractivity contribution in [3.63, 3.8) is 0 Å². The maximum atomic E-state index is 0. The summed E-state index contributed by atoms with van der Waals surface area (Å²) in [4.78, 5) is 0. The Hall–Kier alpha value is 0.959. The Morgan fingerprint density at radius 2 is 0.750 bits per heavy atom. The molecule has 0 saturated heterocycles. The van der Waals surface area contributed by atoms with Crippen LogP contribution in [0.1, 0.15) is 0 Å². The topological polar surface area (TPSA) is 60.0 Å². The van der Waals surface area contributed by atoms with Gasteiger partial charge in [0, 0.05) is 17.1 Å². The minimum atomic E-state index is 0. The van der Waals surface area contributed by atoms with Gasteiger partial charge >= 0.3 is 17.1 Å². The van der Waals surface area contributed by atoms with Crippen molar-refractivity contribution in [2.75, 3.05) is 0 Å². The van der Waals surface area contributed by atoms with Crippen molar-refractivity contribution in [3.8, 4) is 0 Å². The monoisotopic (exact) mass is 153 g/mol. The SMILES string of the molecule is [Cu+2].[Fe].[OH-].[OH-]. The Morgan fingerprint density at radius 3 is 0.750 bits per heavy atom. The van der Waals surface area contributed by atoms with Gasteiger partial charge in [-0.3, -0.25) is 0 Å². The summed E-state index contributed by atoms with van der Waals surface area (Å²) in [7, 11) is 0. The fourth-order valence-corrected chi connectivity index (χ4v) is 0. The molecule has 0 aromatic heterocycles. The van der Waals surface area contributed by atoms with Gasteiger partial charge in [0.25, 0.3) is 0 Å². The first kappa shape index (κ1) is 84.5. The predicted molar refractivity (Wildman–Crippen MR) is 3.87 cm³/mol. The van der Waals surface area contributed by atoms with E-state index in [2.05, 4.69) is 0 Å². The zero-order valence-corrected chi connectivity index (χ0v) is 3.60. The van der Waals surface area contributed by atoms with Crippen LogP contribution in [0.4, 0.5) is 0 Å². The van der Waals surface area contributed by atoms with Crippen LogP contribution in [0, 0.1) is 0 Å². The molecule has 0 aromatic carbocycles. The average molecular weight is 153 g/mol. The van der Waals surface area contributed by atoms with Gasteiger partial charge in [-0.25, -0.2) is 0 Å². The summed E-state index contributed by atoms with van der Waals surface area (Å²) in [6, 6.07) is 0. The van der Waals surface area contributed by atoms with Crippen molar-refractivity contribution in [2.24, 2.45) is 0 Å². The molecule has 0 bridgehead atoms. The molecule has 0 amide bonds. The average Bonchev–Trinajstić information content (AvgIpc) is 0. The van der Waals surface area contributed by atoms with Crippen molar-refractivity contribution < 1.29 is 45.1 Å². The molecule has 2 N–H and O–H groups in total. The molecule has 0 fully saturated rings. The van der Waals surface area contributed by atoms with Crippen LogP contribution in [0.2, 0.25) is 0 Å². The summed E-state index contributed by atoms with van der Waals surface area (Å²) in [6.45, 7) is 0. The molecule has 0 aliphatic carbocycles. The van der Waals surface area contributed by atoms with Crippen LogP contribution in [0.5, 0.6) is 0 Å². The van der Waals surface area contributed by atoms with Crippen LogP contribution < -0.4 is 0 Å². The molecule has 0 aromatic rings. The van der Waals surface area contributed by atoms with Crippen molar-refractivity contribution in [2.45, 2.75) is 0 Å². The largest absolute Gasteiger partial charge is 2.00 e. The van der Waals surface area contributed by atoms with Crippen molar-refractivity contribution in [1.82, 2.24) is 0 Å². The maximum absolute atomic E-state index is 0. The van der Waals surface area contributed by atoms with E-state index in [1.165, 1.54) is 0 Å². The third kappa shape index (κ3) is 12.3. The van der Waals surface area contributed by atoms with Gasteiger partial charge < -0.3 is 11.0 Å². The molecule has 0 rings (SSSR count). The zero-order valence-electron chi connectivity index (χ0n) is 1.55. The van der Waals surface area contributed by atoms with Crippen LogP contribution in [0.15, 0.2) is 0 Å². The third-order valence-electron chi connectivity index (χ3n) is 0. The van der Waals surface area contributed by atoms with Gasteiger partial charge in [0.05, 0.1) is 0 Å². The van der Waals surface area contributed by atoms with Gasteiger partial charge in [-0.05, 0) is 0 Å².